The Kier molecular flexibility index (Phi) is 10.9. The molecule has 0 aromatic carbocycles. The Labute approximate surface area is 238 Å². The summed E-state index contributed by atoms with van der Waals surface area (Å²) in [6, 6.07) is 2.90. The number of aromatic nitrogens is 5. The molecule has 0 spiro atoms. The van der Waals surface area contributed by atoms with Crippen molar-refractivity contribution in [1.82, 2.24) is 25.0 Å². The minimum Gasteiger partial charge on any atom is -0.494 e. The SMILES string of the molecule is CC.COCCOc1c(-c2c(OC)cncc2OC)cc(C(=O)Nc2nnc(-n3nccc3NC(C)=O)s2)oc1=O. The van der Waals surface area contributed by atoms with Gasteiger partial charge in [-0.1, -0.05) is 25.2 Å². The van der Waals surface area contributed by atoms with E-state index in [2.05, 4.69) is 30.9 Å². The lowest BCUT2D eigenvalue weighted by Gasteiger charge is -2.16. The quantitative estimate of drug-likeness (QED) is 0.245. The summed E-state index contributed by atoms with van der Waals surface area (Å²) in [5.41, 5.74) is -0.408. The lowest BCUT2D eigenvalue weighted by Crippen LogP contribution is -2.18. The zero-order valence-corrected chi connectivity index (χ0v) is 24.0. The number of methoxy groups -OCH3 is 3. The Bertz CT molecular complexity index is 1530. The van der Waals surface area contributed by atoms with Gasteiger partial charge >= 0.3 is 5.63 Å². The summed E-state index contributed by atoms with van der Waals surface area (Å²) < 4.78 is 28.1. The van der Waals surface area contributed by atoms with Crippen LogP contribution in [-0.4, -0.2) is 71.3 Å². The lowest BCUT2D eigenvalue weighted by atomic mass is 10.0. The molecule has 2 N–H and O–H groups in total. The molecule has 218 valence electrons. The van der Waals surface area contributed by atoms with Crippen molar-refractivity contribution >= 4 is 34.1 Å². The van der Waals surface area contributed by atoms with E-state index in [4.69, 9.17) is 23.4 Å². The number of hydrogen-bond acceptors (Lipinski definition) is 13. The van der Waals surface area contributed by atoms with Crippen LogP contribution in [0.25, 0.3) is 16.3 Å². The number of rotatable bonds is 11. The minimum absolute atomic E-state index is 0.0387. The maximum absolute atomic E-state index is 13.1. The van der Waals surface area contributed by atoms with Crippen molar-refractivity contribution < 1.29 is 33.0 Å². The second-order valence-corrected chi connectivity index (χ2v) is 8.51. The molecule has 0 fully saturated rings. The summed E-state index contributed by atoms with van der Waals surface area (Å²) in [4.78, 5) is 41.6. The van der Waals surface area contributed by atoms with Crippen molar-refractivity contribution in [3.05, 3.63) is 46.9 Å². The van der Waals surface area contributed by atoms with Gasteiger partial charge in [0.25, 0.3) is 5.91 Å². The van der Waals surface area contributed by atoms with Crippen molar-refractivity contribution in [3.8, 4) is 33.5 Å². The number of nitrogens with one attached hydrogen (secondary N) is 2. The fraction of sp³-hybridized carbons (Fsp3) is 0.320. The summed E-state index contributed by atoms with van der Waals surface area (Å²) in [5, 5.41) is 17.6. The largest absolute Gasteiger partial charge is 0.494 e. The summed E-state index contributed by atoms with van der Waals surface area (Å²) in [6.45, 7) is 5.60. The van der Waals surface area contributed by atoms with Gasteiger partial charge < -0.3 is 28.7 Å². The zero-order valence-electron chi connectivity index (χ0n) is 23.2. The fourth-order valence-electron chi connectivity index (χ4n) is 3.38. The molecule has 0 aliphatic rings. The van der Waals surface area contributed by atoms with Crippen molar-refractivity contribution in [2.45, 2.75) is 20.8 Å². The van der Waals surface area contributed by atoms with Gasteiger partial charge in [-0.05, 0) is 6.07 Å². The van der Waals surface area contributed by atoms with E-state index in [1.165, 1.54) is 57.6 Å². The fourth-order valence-corrected chi connectivity index (χ4v) is 4.09. The first-order chi connectivity index (χ1) is 19.9. The van der Waals surface area contributed by atoms with E-state index in [0.717, 1.165) is 11.3 Å². The normalized spacial score (nSPS) is 10.3. The minimum atomic E-state index is -0.913. The smallest absolute Gasteiger partial charge is 0.379 e. The number of anilines is 2. The van der Waals surface area contributed by atoms with E-state index in [1.54, 1.807) is 6.07 Å². The number of nitrogens with zero attached hydrogens (tertiary/aromatic N) is 5. The van der Waals surface area contributed by atoms with Gasteiger partial charge in [-0.15, -0.1) is 10.2 Å². The predicted molar refractivity (Wildman–Crippen MR) is 149 cm³/mol. The van der Waals surface area contributed by atoms with E-state index in [9.17, 15) is 14.4 Å². The van der Waals surface area contributed by atoms with Crippen molar-refractivity contribution in [2.24, 2.45) is 0 Å². The van der Waals surface area contributed by atoms with Crippen LogP contribution in [0.2, 0.25) is 0 Å². The molecule has 4 heterocycles. The van der Waals surface area contributed by atoms with Crippen LogP contribution in [0.1, 0.15) is 31.3 Å². The molecule has 2 amide bonds. The van der Waals surface area contributed by atoms with Crippen LogP contribution < -0.4 is 30.5 Å². The van der Waals surface area contributed by atoms with Crippen LogP contribution in [0.4, 0.5) is 10.9 Å². The highest BCUT2D eigenvalue weighted by atomic mass is 32.1. The molecule has 0 radical (unpaired) electrons. The number of carbonyl (C=O) groups excluding carboxylic acids is 2. The molecule has 0 aliphatic heterocycles. The zero-order chi connectivity index (χ0) is 29.9. The summed E-state index contributed by atoms with van der Waals surface area (Å²) in [7, 11) is 4.34. The Morgan fingerprint density at radius 3 is 2.39 bits per heavy atom. The molecule has 0 unspecified atom stereocenters. The van der Waals surface area contributed by atoms with Crippen molar-refractivity contribution in [1.29, 1.82) is 0 Å². The van der Waals surface area contributed by atoms with Gasteiger partial charge in [-0.2, -0.15) is 9.78 Å². The van der Waals surface area contributed by atoms with Crippen LogP contribution in [0.15, 0.2) is 39.9 Å². The first kappa shape index (κ1) is 30.7. The summed E-state index contributed by atoms with van der Waals surface area (Å²) in [6.07, 6.45) is 4.33. The Hall–Kier alpha value is -4.83. The summed E-state index contributed by atoms with van der Waals surface area (Å²) >= 11 is 0.977. The van der Waals surface area contributed by atoms with E-state index in [0.29, 0.717) is 11.4 Å². The predicted octanol–water partition coefficient (Wildman–Crippen LogP) is 3.02. The number of ether oxygens (including phenoxy) is 4. The highest BCUT2D eigenvalue weighted by Crippen LogP contribution is 2.41. The molecule has 0 aliphatic carbocycles. The summed E-state index contributed by atoms with van der Waals surface area (Å²) in [5.74, 6) is -0.682. The number of pyridine rings is 1. The molecule has 41 heavy (non-hydrogen) atoms. The second kappa shape index (κ2) is 14.5. The van der Waals surface area contributed by atoms with Gasteiger partial charge in [0.1, 0.15) is 23.9 Å². The van der Waals surface area contributed by atoms with Crippen LogP contribution >= 0.6 is 11.3 Å². The Balaban J connectivity index is 0.00000226. The third-order valence-electron chi connectivity index (χ3n) is 5.01. The monoisotopic (exact) mass is 587 g/mol. The number of hydrogen-bond donors (Lipinski definition) is 2. The van der Waals surface area contributed by atoms with Crippen LogP contribution in [-0.2, 0) is 9.53 Å². The Morgan fingerprint density at radius 1 is 1.05 bits per heavy atom. The molecule has 4 aromatic heterocycles. The van der Waals surface area contributed by atoms with Crippen molar-refractivity contribution in [3.63, 3.8) is 0 Å². The average molecular weight is 588 g/mol. The van der Waals surface area contributed by atoms with Gasteiger partial charge in [-0.25, -0.2) is 4.79 Å². The van der Waals surface area contributed by atoms with Crippen LogP contribution in [0, 0.1) is 0 Å². The highest BCUT2D eigenvalue weighted by molar-refractivity contribution is 7.17. The molecule has 16 heteroatoms. The topological polar surface area (TPSA) is 182 Å². The van der Waals surface area contributed by atoms with Gasteiger partial charge in [0.15, 0.2) is 5.76 Å². The maximum atomic E-state index is 13.1. The first-order valence-corrected chi connectivity index (χ1v) is 13.0. The molecular formula is C25H29N7O8S. The standard InChI is InChI=1S/C23H23N7O8S.C2H6/c1-12(31)26-17-5-6-25-30(17)23-29-28-22(39-23)27-20(32)14-9-13(19(21(33)38-14)37-8-7-34-2)18-15(35-3)10-24-11-16(18)36-4;1-2/h5-6,9-11H,7-8H2,1-4H3,(H,26,31)(H,27,28,32);1-2H3. The molecule has 0 saturated heterocycles. The van der Waals surface area contributed by atoms with Crippen LogP contribution in [0.3, 0.4) is 0 Å². The van der Waals surface area contributed by atoms with E-state index >= 15 is 0 Å². The molecule has 0 saturated carbocycles. The average Bonchev–Trinajstić information content (AvgIpc) is 3.63. The second-order valence-electron chi connectivity index (χ2n) is 7.55. The van der Waals surface area contributed by atoms with E-state index < -0.39 is 11.5 Å². The first-order valence-electron chi connectivity index (χ1n) is 12.2. The highest BCUT2D eigenvalue weighted by Gasteiger charge is 2.25. The van der Waals surface area contributed by atoms with Gasteiger partial charge in [0.2, 0.25) is 21.9 Å². The van der Waals surface area contributed by atoms with E-state index in [1.807, 2.05) is 13.8 Å². The van der Waals surface area contributed by atoms with Crippen molar-refractivity contribution in [2.75, 3.05) is 45.2 Å². The third-order valence-corrected chi connectivity index (χ3v) is 5.83. The third kappa shape index (κ3) is 7.23. The lowest BCUT2D eigenvalue weighted by molar-refractivity contribution is -0.114. The molecule has 4 rings (SSSR count). The molecule has 0 atom stereocenters. The van der Waals surface area contributed by atoms with E-state index in [-0.39, 0.29) is 58.0 Å². The maximum Gasteiger partial charge on any atom is 0.379 e. The van der Waals surface area contributed by atoms with Crippen LogP contribution in [0.5, 0.6) is 17.2 Å². The molecular weight excluding hydrogens is 558 g/mol. The molecule has 0 bridgehead atoms. The molecule has 4 aromatic rings. The van der Waals surface area contributed by atoms with Gasteiger partial charge in [-0.3, -0.25) is 19.9 Å². The molecule has 15 nitrogen and oxygen atoms in total. The number of amides is 2. The number of carbonyl (C=O) groups is 2. The van der Waals surface area contributed by atoms with Gasteiger partial charge in [0, 0.05) is 25.7 Å². The Morgan fingerprint density at radius 2 is 1.76 bits per heavy atom. The van der Waals surface area contributed by atoms with Gasteiger partial charge in [0.05, 0.1) is 45.0 Å².